The summed E-state index contributed by atoms with van der Waals surface area (Å²) in [6.07, 6.45) is 2.98. The molecule has 2 aromatic rings. The van der Waals surface area contributed by atoms with Crippen LogP contribution < -0.4 is 5.32 Å². The van der Waals surface area contributed by atoms with Crippen molar-refractivity contribution in [1.29, 1.82) is 0 Å². The van der Waals surface area contributed by atoms with E-state index in [1.165, 1.54) is 24.4 Å². The van der Waals surface area contributed by atoms with Gasteiger partial charge >= 0.3 is 0 Å². The minimum absolute atomic E-state index is 0.182. The second-order valence-corrected chi connectivity index (χ2v) is 5.46. The van der Waals surface area contributed by atoms with Crippen molar-refractivity contribution in [2.24, 2.45) is 0 Å². The number of rotatable bonds is 4. The third-order valence-corrected chi connectivity index (χ3v) is 4.16. The molecule has 0 radical (unpaired) electrons. The van der Waals surface area contributed by atoms with Gasteiger partial charge in [-0.05, 0) is 30.5 Å². The van der Waals surface area contributed by atoms with Gasteiger partial charge in [0.25, 0.3) is 5.91 Å². The minimum atomic E-state index is -0.300. The largest absolute Gasteiger partial charge is 0.381 e. The summed E-state index contributed by atoms with van der Waals surface area (Å²) in [5, 5.41) is 6.41. The number of hydrogen-bond donors (Lipinski definition) is 1. The van der Waals surface area contributed by atoms with Crippen molar-refractivity contribution in [3.63, 3.8) is 0 Å². The highest BCUT2D eigenvalue weighted by atomic mass is 19.1. The number of carbonyl (C=O) groups excluding carboxylic acids is 1. The molecule has 0 unspecified atom stereocenters. The fourth-order valence-corrected chi connectivity index (χ4v) is 2.80. The van der Waals surface area contributed by atoms with Gasteiger partial charge in [0, 0.05) is 31.2 Å². The van der Waals surface area contributed by atoms with Gasteiger partial charge in [-0.3, -0.25) is 4.79 Å². The summed E-state index contributed by atoms with van der Waals surface area (Å²) in [5.41, 5.74) is 0.761. The van der Waals surface area contributed by atoms with Gasteiger partial charge < -0.3 is 14.6 Å². The third kappa shape index (κ3) is 3.01. The Morgan fingerprint density at radius 1 is 1.23 bits per heavy atom. The van der Waals surface area contributed by atoms with Crippen LogP contribution in [0.5, 0.6) is 0 Å². The number of nitrogens with zero attached hydrogens (tertiary/aromatic N) is 1. The van der Waals surface area contributed by atoms with Crippen molar-refractivity contribution in [2.45, 2.75) is 18.3 Å². The quantitative estimate of drug-likeness (QED) is 0.941. The number of aromatic nitrogens is 1. The molecule has 5 nitrogen and oxygen atoms in total. The molecule has 0 aliphatic carbocycles. The Morgan fingerprint density at radius 2 is 1.95 bits per heavy atom. The van der Waals surface area contributed by atoms with Crippen molar-refractivity contribution in [1.82, 2.24) is 10.5 Å². The summed E-state index contributed by atoms with van der Waals surface area (Å²) in [5.74, 6) is -0.386. The second kappa shape index (κ2) is 6.27. The number of carbonyl (C=O) groups is 1. The Balaban J connectivity index is 1.77. The fraction of sp³-hybridized carbons (Fsp3) is 0.375. The monoisotopic (exact) mass is 304 g/mol. The average Bonchev–Trinajstić information content (AvgIpc) is 3.09. The van der Waals surface area contributed by atoms with Crippen LogP contribution in [0.15, 0.2) is 41.1 Å². The maximum absolute atomic E-state index is 13.2. The molecule has 1 amide bonds. The standard InChI is InChI=1S/C16H17FN2O3/c17-13-3-1-12(2-4-13)16(6-9-21-10-7-16)11-18-15(20)14-5-8-19-22-14/h1-5,8H,6-7,9-11H2,(H,18,20). The molecular weight excluding hydrogens is 287 g/mol. The first-order valence-electron chi connectivity index (χ1n) is 7.22. The molecule has 1 fully saturated rings. The SMILES string of the molecule is O=C(NCC1(c2ccc(F)cc2)CCOCC1)c1ccno1. The van der Waals surface area contributed by atoms with Gasteiger partial charge in [-0.15, -0.1) is 0 Å². The van der Waals surface area contributed by atoms with Gasteiger partial charge in [0.15, 0.2) is 0 Å². The summed E-state index contributed by atoms with van der Waals surface area (Å²) < 4.78 is 23.5. The molecule has 116 valence electrons. The zero-order chi connectivity index (χ0) is 15.4. The normalized spacial score (nSPS) is 17.1. The number of benzene rings is 1. The Morgan fingerprint density at radius 3 is 2.59 bits per heavy atom. The fourth-order valence-electron chi connectivity index (χ4n) is 2.80. The van der Waals surface area contributed by atoms with Crippen LogP contribution >= 0.6 is 0 Å². The molecule has 1 saturated heterocycles. The van der Waals surface area contributed by atoms with Gasteiger partial charge in [-0.1, -0.05) is 17.3 Å². The molecule has 3 rings (SSSR count). The minimum Gasteiger partial charge on any atom is -0.381 e. The van der Waals surface area contributed by atoms with E-state index in [1.807, 2.05) is 0 Å². The number of amides is 1. The van der Waals surface area contributed by atoms with E-state index in [2.05, 4.69) is 10.5 Å². The van der Waals surface area contributed by atoms with Crippen LogP contribution in [-0.4, -0.2) is 30.8 Å². The van der Waals surface area contributed by atoms with E-state index < -0.39 is 0 Å². The third-order valence-electron chi connectivity index (χ3n) is 4.16. The predicted molar refractivity (Wildman–Crippen MR) is 77.0 cm³/mol. The molecular formula is C16H17FN2O3. The van der Waals surface area contributed by atoms with Crippen molar-refractivity contribution < 1.29 is 18.4 Å². The molecule has 0 spiro atoms. The lowest BCUT2D eigenvalue weighted by Crippen LogP contribution is -2.44. The molecule has 1 aliphatic heterocycles. The maximum Gasteiger partial charge on any atom is 0.289 e. The summed E-state index contributed by atoms with van der Waals surface area (Å²) in [4.78, 5) is 12.0. The van der Waals surface area contributed by atoms with E-state index >= 15 is 0 Å². The molecule has 1 aromatic heterocycles. The van der Waals surface area contributed by atoms with Crippen molar-refractivity contribution in [3.8, 4) is 0 Å². The lowest BCUT2D eigenvalue weighted by molar-refractivity contribution is 0.0483. The van der Waals surface area contributed by atoms with Gasteiger partial charge in [0.05, 0.1) is 6.20 Å². The van der Waals surface area contributed by atoms with Crippen LogP contribution in [0.3, 0.4) is 0 Å². The highest BCUT2D eigenvalue weighted by molar-refractivity contribution is 5.91. The number of ether oxygens (including phenoxy) is 1. The van der Waals surface area contributed by atoms with E-state index in [4.69, 9.17) is 9.26 Å². The van der Waals surface area contributed by atoms with E-state index in [1.54, 1.807) is 12.1 Å². The topological polar surface area (TPSA) is 64.4 Å². The lowest BCUT2D eigenvalue weighted by Gasteiger charge is -2.37. The van der Waals surface area contributed by atoms with E-state index in [0.717, 1.165) is 18.4 Å². The smallest absolute Gasteiger partial charge is 0.289 e. The first kappa shape index (κ1) is 14.7. The highest BCUT2D eigenvalue weighted by Crippen LogP contribution is 2.34. The van der Waals surface area contributed by atoms with E-state index in [9.17, 15) is 9.18 Å². The summed E-state index contributed by atoms with van der Waals surface area (Å²) in [7, 11) is 0. The summed E-state index contributed by atoms with van der Waals surface area (Å²) in [6, 6.07) is 7.97. The van der Waals surface area contributed by atoms with Crippen LogP contribution in [0.4, 0.5) is 4.39 Å². The number of halogens is 1. The molecule has 1 aromatic carbocycles. The van der Waals surface area contributed by atoms with Gasteiger partial charge in [-0.2, -0.15) is 0 Å². The Labute approximate surface area is 127 Å². The summed E-state index contributed by atoms with van der Waals surface area (Å²) in [6.45, 7) is 1.69. The maximum atomic E-state index is 13.2. The lowest BCUT2D eigenvalue weighted by atomic mass is 9.74. The predicted octanol–water partition coefficient (Wildman–Crippen LogP) is 2.29. The first-order valence-corrected chi connectivity index (χ1v) is 7.22. The van der Waals surface area contributed by atoms with Crippen molar-refractivity contribution in [3.05, 3.63) is 53.7 Å². The molecule has 6 heteroatoms. The van der Waals surface area contributed by atoms with Crippen LogP contribution in [0.2, 0.25) is 0 Å². The van der Waals surface area contributed by atoms with Crippen molar-refractivity contribution in [2.75, 3.05) is 19.8 Å². The molecule has 1 aliphatic rings. The molecule has 0 saturated carbocycles. The van der Waals surface area contributed by atoms with Gasteiger partial charge in [0.1, 0.15) is 5.82 Å². The molecule has 2 heterocycles. The zero-order valence-corrected chi connectivity index (χ0v) is 12.0. The van der Waals surface area contributed by atoms with Crippen LogP contribution in [0.25, 0.3) is 0 Å². The highest BCUT2D eigenvalue weighted by Gasteiger charge is 2.35. The van der Waals surface area contributed by atoms with E-state index in [-0.39, 0.29) is 22.9 Å². The summed E-state index contributed by atoms with van der Waals surface area (Å²) >= 11 is 0. The van der Waals surface area contributed by atoms with Crippen LogP contribution in [0.1, 0.15) is 29.0 Å². The molecule has 0 atom stereocenters. The molecule has 0 bridgehead atoms. The van der Waals surface area contributed by atoms with Crippen LogP contribution in [-0.2, 0) is 10.2 Å². The first-order chi connectivity index (χ1) is 10.7. The number of hydrogen-bond acceptors (Lipinski definition) is 4. The zero-order valence-electron chi connectivity index (χ0n) is 12.0. The molecule has 1 N–H and O–H groups in total. The van der Waals surface area contributed by atoms with Gasteiger partial charge in [-0.25, -0.2) is 4.39 Å². The average molecular weight is 304 g/mol. The van der Waals surface area contributed by atoms with E-state index in [0.29, 0.717) is 19.8 Å². The van der Waals surface area contributed by atoms with Crippen molar-refractivity contribution >= 4 is 5.91 Å². The Bertz CT molecular complexity index is 619. The van der Waals surface area contributed by atoms with Crippen LogP contribution in [0, 0.1) is 5.82 Å². The number of nitrogens with one attached hydrogen (secondary N) is 1. The Hall–Kier alpha value is -2.21. The molecule has 22 heavy (non-hydrogen) atoms. The van der Waals surface area contributed by atoms with Gasteiger partial charge in [0.2, 0.25) is 5.76 Å². The Kier molecular flexibility index (Phi) is 4.20. The second-order valence-electron chi connectivity index (χ2n) is 5.46.